The molecule has 0 aliphatic heterocycles. The Kier molecular flexibility index (Phi) is 5.78. The Hall–Kier alpha value is -1.16. The summed E-state index contributed by atoms with van der Waals surface area (Å²) >= 11 is 0. The molecule has 0 aliphatic carbocycles. The van der Waals surface area contributed by atoms with Crippen LogP contribution in [0.15, 0.2) is 12.3 Å². The topological polar surface area (TPSA) is 41.0 Å². The highest BCUT2D eigenvalue weighted by Crippen LogP contribution is 1.98. The van der Waals surface area contributed by atoms with Gasteiger partial charge < -0.3 is 10.2 Å². The third kappa shape index (κ3) is 4.57. The van der Waals surface area contributed by atoms with Gasteiger partial charge in [0.05, 0.1) is 0 Å². The van der Waals surface area contributed by atoms with Crippen molar-refractivity contribution < 1.29 is 0 Å². The third-order valence-electron chi connectivity index (χ3n) is 2.49. The first-order valence-electron chi connectivity index (χ1n) is 6.02. The lowest BCUT2D eigenvalue weighted by Gasteiger charge is -2.19. The summed E-state index contributed by atoms with van der Waals surface area (Å²) in [5, 5.41) is 3.24. The van der Waals surface area contributed by atoms with Crippen molar-refractivity contribution in [2.75, 3.05) is 31.5 Å². The van der Waals surface area contributed by atoms with E-state index in [9.17, 15) is 0 Å². The number of rotatable bonds is 7. The fourth-order valence-electron chi connectivity index (χ4n) is 1.60. The zero-order valence-electron chi connectivity index (χ0n) is 10.5. The molecule has 0 bridgehead atoms. The first-order valence-corrected chi connectivity index (χ1v) is 6.02. The number of aromatic nitrogens is 2. The molecular formula is C12H22N4. The number of nitrogens with one attached hydrogen (secondary N) is 1. The number of anilines is 1. The molecule has 0 spiro atoms. The fourth-order valence-corrected chi connectivity index (χ4v) is 1.60. The van der Waals surface area contributed by atoms with Crippen LogP contribution in [0.4, 0.5) is 5.95 Å². The van der Waals surface area contributed by atoms with Crippen LogP contribution >= 0.6 is 0 Å². The van der Waals surface area contributed by atoms with E-state index in [1.165, 1.54) is 6.42 Å². The maximum Gasteiger partial charge on any atom is 0.222 e. The average molecular weight is 222 g/mol. The van der Waals surface area contributed by atoms with E-state index in [4.69, 9.17) is 0 Å². The van der Waals surface area contributed by atoms with Crippen molar-refractivity contribution in [1.82, 2.24) is 14.9 Å². The summed E-state index contributed by atoms with van der Waals surface area (Å²) in [6.45, 7) is 10.6. The van der Waals surface area contributed by atoms with E-state index >= 15 is 0 Å². The standard InChI is InChI=1S/C12H22N4/c1-4-9-16(5-2)10-8-14-12-13-7-6-11(3)15-12/h6-7H,4-5,8-10H2,1-3H3,(H,13,14,15). The van der Waals surface area contributed by atoms with Crippen LogP contribution < -0.4 is 5.32 Å². The summed E-state index contributed by atoms with van der Waals surface area (Å²) in [6.07, 6.45) is 2.99. The first-order chi connectivity index (χ1) is 7.76. The van der Waals surface area contributed by atoms with Crippen molar-refractivity contribution in [3.05, 3.63) is 18.0 Å². The highest BCUT2D eigenvalue weighted by Gasteiger charge is 2.00. The van der Waals surface area contributed by atoms with Gasteiger partial charge in [-0.05, 0) is 32.5 Å². The van der Waals surface area contributed by atoms with Crippen molar-refractivity contribution in [2.45, 2.75) is 27.2 Å². The molecule has 90 valence electrons. The van der Waals surface area contributed by atoms with Crippen molar-refractivity contribution in [1.29, 1.82) is 0 Å². The van der Waals surface area contributed by atoms with E-state index in [2.05, 4.69) is 34.0 Å². The predicted octanol–water partition coefficient (Wildman–Crippen LogP) is 1.93. The van der Waals surface area contributed by atoms with E-state index < -0.39 is 0 Å². The van der Waals surface area contributed by atoms with E-state index in [-0.39, 0.29) is 0 Å². The zero-order valence-corrected chi connectivity index (χ0v) is 10.5. The molecule has 0 saturated heterocycles. The van der Waals surface area contributed by atoms with Crippen LogP contribution in [0.25, 0.3) is 0 Å². The van der Waals surface area contributed by atoms with Crippen LogP contribution in [0, 0.1) is 6.92 Å². The van der Waals surface area contributed by atoms with Gasteiger partial charge >= 0.3 is 0 Å². The molecule has 0 aromatic carbocycles. The van der Waals surface area contributed by atoms with Gasteiger partial charge in [-0.2, -0.15) is 0 Å². The van der Waals surface area contributed by atoms with E-state index in [0.29, 0.717) is 0 Å². The lowest BCUT2D eigenvalue weighted by molar-refractivity contribution is 0.300. The molecule has 0 saturated carbocycles. The minimum absolute atomic E-state index is 0.729. The van der Waals surface area contributed by atoms with Crippen molar-refractivity contribution >= 4 is 5.95 Å². The second-order valence-corrected chi connectivity index (χ2v) is 3.88. The van der Waals surface area contributed by atoms with Crippen molar-refractivity contribution in [3.8, 4) is 0 Å². The number of aryl methyl sites for hydroxylation is 1. The molecule has 1 aromatic rings. The highest BCUT2D eigenvalue weighted by atomic mass is 15.2. The van der Waals surface area contributed by atoms with Crippen LogP contribution in [0.3, 0.4) is 0 Å². The van der Waals surface area contributed by atoms with Gasteiger partial charge in [0, 0.05) is 25.0 Å². The number of hydrogen-bond donors (Lipinski definition) is 1. The molecule has 1 heterocycles. The van der Waals surface area contributed by atoms with Crippen LogP contribution in [-0.2, 0) is 0 Å². The Bertz CT molecular complexity index is 301. The molecular weight excluding hydrogens is 200 g/mol. The van der Waals surface area contributed by atoms with E-state index in [0.717, 1.165) is 37.8 Å². The van der Waals surface area contributed by atoms with Gasteiger partial charge in [-0.15, -0.1) is 0 Å². The molecule has 4 nitrogen and oxygen atoms in total. The van der Waals surface area contributed by atoms with Gasteiger partial charge in [-0.25, -0.2) is 9.97 Å². The monoisotopic (exact) mass is 222 g/mol. The van der Waals surface area contributed by atoms with Gasteiger partial charge in [0.1, 0.15) is 0 Å². The maximum atomic E-state index is 4.30. The summed E-state index contributed by atoms with van der Waals surface area (Å²) < 4.78 is 0. The fraction of sp³-hybridized carbons (Fsp3) is 0.667. The molecule has 16 heavy (non-hydrogen) atoms. The van der Waals surface area contributed by atoms with E-state index in [1.54, 1.807) is 6.20 Å². The van der Waals surface area contributed by atoms with E-state index in [1.807, 2.05) is 13.0 Å². The Morgan fingerprint density at radius 1 is 1.31 bits per heavy atom. The Labute approximate surface area is 98.1 Å². The molecule has 1 N–H and O–H groups in total. The molecule has 0 aliphatic rings. The van der Waals surface area contributed by atoms with Crippen LogP contribution in [-0.4, -0.2) is 41.0 Å². The SMILES string of the molecule is CCCN(CC)CCNc1nccc(C)n1. The number of likely N-dealkylation sites (N-methyl/N-ethyl adjacent to an activating group) is 1. The molecule has 0 radical (unpaired) electrons. The van der Waals surface area contributed by atoms with Crippen LogP contribution in [0.5, 0.6) is 0 Å². The second kappa shape index (κ2) is 7.17. The van der Waals surface area contributed by atoms with Gasteiger partial charge in [-0.1, -0.05) is 13.8 Å². The second-order valence-electron chi connectivity index (χ2n) is 3.88. The predicted molar refractivity (Wildman–Crippen MR) is 67.7 cm³/mol. The Morgan fingerprint density at radius 3 is 2.75 bits per heavy atom. The van der Waals surface area contributed by atoms with Gasteiger partial charge in [-0.3, -0.25) is 0 Å². The number of nitrogens with zero attached hydrogens (tertiary/aromatic N) is 3. The summed E-state index contributed by atoms with van der Waals surface area (Å²) in [7, 11) is 0. The van der Waals surface area contributed by atoms with Crippen LogP contribution in [0.2, 0.25) is 0 Å². The minimum atomic E-state index is 0.729. The maximum absolute atomic E-state index is 4.30. The molecule has 0 atom stereocenters. The van der Waals surface area contributed by atoms with Crippen molar-refractivity contribution in [3.63, 3.8) is 0 Å². The average Bonchev–Trinajstić information content (AvgIpc) is 2.28. The number of hydrogen-bond acceptors (Lipinski definition) is 4. The van der Waals surface area contributed by atoms with Gasteiger partial charge in [0.15, 0.2) is 0 Å². The normalized spacial score (nSPS) is 10.8. The van der Waals surface area contributed by atoms with Gasteiger partial charge in [0.25, 0.3) is 0 Å². The molecule has 0 unspecified atom stereocenters. The molecule has 1 aromatic heterocycles. The van der Waals surface area contributed by atoms with Crippen LogP contribution in [0.1, 0.15) is 26.0 Å². The summed E-state index contributed by atoms with van der Waals surface area (Å²) in [5.41, 5.74) is 0.999. The van der Waals surface area contributed by atoms with Gasteiger partial charge in [0.2, 0.25) is 5.95 Å². The largest absolute Gasteiger partial charge is 0.353 e. The molecule has 1 rings (SSSR count). The highest BCUT2D eigenvalue weighted by molar-refractivity contribution is 5.24. The Morgan fingerprint density at radius 2 is 2.12 bits per heavy atom. The Balaban J connectivity index is 2.29. The lowest BCUT2D eigenvalue weighted by Crippen LogP contribution is -2.29. The summed E-state index contributed by atoms with van der Waals surface area (Å²) in [4.78, 5) is 10.9. The quantitative estimate of drug-likeness (QED) is 0.765. The summed E-state index contributed by atoms with van der Waals surface area (Å²) in [5.74, 6) is 0.729. The lowest BCUT2D eigenvalue weighted by atomic mass is 10.4. The molecule has 0 amide bonds. The smallest absolute Gasteiger partial charge is 0.222 e. The first kappa shape index (κ1) is 12.9. The molecule has 4 heteroatoms. The minimum Gasteiger partial charge on any atom is -0.353 e. The zero-order chi connectivity index (χ0) is 11.8. The molecule has 0 fully saturated rings. The third-order valence-corrected chi connectivity index (χ3v) is 2.49. The van der Waals surface area contributed by atoms with Crippen molar-refractivity contribution in [2.24, 2.45) is 0 Å². The summed E-state index contributed by atoms with van der Waals surface area (Å²) in [6, 6.07) is 1.90.